The van der Waals surface area contributed by atoms with Crippen LogP contribution < -0.4 is 0 Å². The fourth-order valence-corrected chi connectivity index (χ4v) is 1.72. The summed E-state index contributed by atoms with van der Waals surface area (Å²) in [5, 5.41) is 9.95. The molecule has 0 aromatic heterocycles. The van der Waals surface area contributed by atoms with Gasteiger partial charge in [0.2, 0.25) is 0 Å². The van der Waals surface area contributed by atoms with Crippen molar-refractivity contribution in [1.82, 2.24) is 0 Å². The highest BCUT2D eigenvalue weighted by Gasteiger charge is 2.09. The van der Waals surface area contributed by atoms with Gasteiger partial charge in [0.15, 0.2) is 0 Å². The molecule has 0 spiro atoms. The number of aliphatic hydroxyl groups is 1. The molecular weight excluding hydrogens is 252 g/mol. The Hall–Kier alpha value is -0.600. The van der Waals surface area contributed by atoms with E-state index >= 15 is 0 Å². The Morgan fingerprint density at radius 3 is 2.40 bits per heavy atom. The van der Waals surface area contributed by atoms with E-state index in [-0.39, 0.29) is 5.41 Å². The lowest BCUT2D eigenvalue weighted by Gasteiger charge is -2.14. The molecule has 1 nitrogen and oxygen atoms in total. The van der Waals surface area contributed by atoms with E-state index in [4.69, 9.17) is 0 Å². The van der Waals surface area contributed by atoms with Crippen molar-refractivity contribution >= 4 is 15.9 Å². The van der Waals surface area contributed by atoms with Gasteiger partial charge in [0.05, 0.1) is 6.10 Å². The molecule has 2 heteroatoms. The third-order valence-electron chi connectivity index (χ3n) is 2.00. The van der Waals surface area contributed by atoms with Gasteiger partial charge in [0.1, 0.15) is 0 Å². The molecule has 1 rings (SSSR count). The number of halogens is 1. The first kappa shape index (κ1) is 12.5. The van der Waals surface area contributed by atoms with Crippen LogP contribution in [0.1, 0.15) is 32.4 Å². The van der Waals surface area contributed by atoms with Crippen LogP contribution in [0.3, 0.4) is 0 Å². The SMILES string of the molecule is CC(C)(C)C=CC(O)c1ccccc1Br. The maximum atomic E-state index is 9.95. The minimum absolute atomic E-state index is 0.0994. The normalized spacial score (nSPS) is 14.5. The van der Waals surface area contributed by atoms with Crippen LogP contribution in [0.25, 0.3) is 0 Å². The molecular formula is C13H17BrO. The summed E-state index contributed by atoms with van der Waals surface area (Å²) in [7, 11) is 0. The summed E-state index contributed by atoms with van der Waals surface area (Å²) < 4.78 is 0.941. The molecule has 0 radical (unpaired) electrons. The van der Waals surface area contributed by atoms with Crippen LogP contribution in [0.5, 0.6) is 0 Å². The summed E-state index contributed by atoms with van der Waals surface area (Å²) >= 11 is 3.42. The standard InChI is InChI=1S/C13H17BrO/c1-13(2,3)9-8-12(15)10-6-4-5-7-11(10)14/h4-9,12,15H,1-3H3. The fraction of sp³-hybridized carbons (Fsp3) is 0.385. The lowest BCUT2D eigenvalue weighted by atomic mass is 9.95. The molecule has 1 aromatic rings. The van der Waals surface area contributed by atoms with Gasteiger partial charge in [-0.2, -0.15) is 0 Å². The lowest BCUT2D eigenvalue weighted by Crippen LogP contribution is -2.01. The van der Waals surface area contributed by atoms with Crippen molar-refractivity contribution in [2.75, 3.05) is 0 Å². The van der Waals surface area contributed by atoms with Crippen LogP contribution in [0.4, 0.5) is 0 Å². The smallest absolute Gasteiger partial charge is 0.0982 e. The van der Waals surface area contributed by atoms with Gasteiger partial charge in [-0.05, 0) is 17.0 Å². The third kappa shape index (κ3) is 4.18. The molecule has 0 aliphatic heterocycles. The van der Waals surface area contributed by atoms with E-state index in [1.807, 2.05) is 36.4 Å². The Morgan fingerprint density at radius 2 is 1.87 bits per heavy atom. The molecule has 1 unspecified atom stereocenters. The number of benzene rings is 1. The molecule has 0 amide bonds. The van der Waals surface area contributed by atoms with E-state index in [9.17, 15) is 5.11 Å². The van der Waals surface area contributed by atoms with E-state index in [0.29, 0.717) is 0 Å². The average molecular weight is 269 g/mol. The van der Waals surface area contributed by atoms with Crippen molar-refractivity contribution in [3.63, 3.8) is 0 Å². The van der Waals surface area contributed by atoms with Gasteiger partial charge < -0.3 is 5.11 Å². The first-order valence-electron chi connectivity index (χ1n) is 5.02. The van der Waals surface area contributed by atoms with Crippen molar-refractivity contribution < 1.29 is 5.11 Å². The highest BCUT2D eigenvalue weighted by atomic mass is 79.9. The van der Waals surface area contributed by atoms with Gasteiger partial charge in [0.25, 0.3) is 0 Å². The summed E-state index contributed by atoms with van der Waals surface area (Å²) in [4.78, 5) is 0. The molecule has 1 aromatic carbocycles. The predicted octanol–water partition coefficient (Wildman–Crippen LogP) is 4.08. The minimum atomic E-state index is -0.542. The summed E-state index contributed by atoms with van der Waals surface area (Å²) in [5.41, 5.74) is 1.00. The predicted molar refractivity (Wildman–Crippen MR) is 67.7 cm³/mol. The summed E-state index contributed by atoms with van der Waals surface area (Å²) in [6, 6.07) is 7.72. The highest BCUT2D eigenvalue weighted by Crippen LogP contribution is 2.25. The molecule has 1 atom stereocenters. The van der Waals surface area contributed by atoms with E-state index in [0.717, 1.165) is 10.0 Å². The second kappa shape index (κ2) is 4.95. The van der Waals surface area contributed by atoms with Crippen molar-refractivity contribution in [3.8, 4) is 0 Å². The topological polar surface area (TPSA) is 20.2 Å². The van der Waals surface area contributed by atoms with E-state index in [2.05, 4.69) is 36.7 Å². The van der Waals surface area contributed by atoms with Gasteiger partial charge in [0, 0.05) is 4.47 Å². The Balaban J connectivity index is 2.82. The number of allylic oxidation sites excluding steroid dienone is 1. The average Bonchev–Trinajstić information content (AvgIpc) is 2.14. The second-order valence-corrected chi connectivity index (χ2v) is 5.55. The van der Waals surface area contributed by atoms with E-state index in [1.165, 1.54) is 0 Å². The molecule has 1 N–H and O–H groups in total. The molecule has 0 fully saturated rings. The maximum absolute atomic E-state index is 9.95. The summed E-state index contributed by atoms with van der Waals surface area (Å²) in [6.07, 6.45) is 3.32. The second-order valence-electron chi connectivity index (χ2n) is 4.69. The molecule has 0 saturated carbocycles. The van der Waals surface area contributed by atoms with Gasteiger partial charge >= 0.3 is 0 Å². The Kier molecular flexibility index (Phi) is 4.12. The summed E-state index contributed by atoms with van der Waals surface area (Å²) in [6.45, 7) is 6.32. The first-order valence-corrected chi connectivity index (χ1v) is 5.81. The molecule has 82 valence electrons. The van der Waals surface area contributed by atoms with Crippen molar-refractivity contribution in [2.24, 2.45) is 5.41 Å². The van der Waals surface area contributed by atoms with Crippen LogP contribution >= 0.6 is 15.9 Å². The molecule has 0 bridgehead atoms. The highest BCUT2D eigenvalue weighted by molar-refractivity contribution is 9.10. The van der Waals surface area contributed by atoms with Gasteiger partial charge in [-0.25, -0.2) is 0 Å². The monoisotopic (exact) mass is 268 g/mol. The first-order chi connectivity index (χ1) is 6.90. The zero-order valence-electron chi connectivity index (χ0n) is 9.37. The molecule has 0 saturated heterocycles. The Bertz CT molecular complexity index is 350. The Labute approximate surface area is 100.0 Å². The van der Waals surface area contributed by atoms with Crippen molar-refractivity contribution in [2.45, 2.75) is 26.9 Å². The zero-order chi connectivity index (χ0) is 11.5. The quantitative estimate of drug-likeness (QED) is 0.802. The van der Waals surface area contributed by atoms with Crippen LogP contribution in [0.15, 0.2) is 40.9 Å². The number of rotatable bonds is 2. The van der Waals surface area contributed by atoms with Crippen LogP contribution in [-0.4, -0.2) is 5.11 Å². The third-order valence-corrected chi connectivity index (χ3v) is 2.72. The van der Waals surface area contributed by atoms with Crippen LogP contribution in [0, 0.1) is 5.41 Å². The van der Waals surface area contributed by atoms with Crippen molar-refractivity contribution in [3.05, 3.63) is 46.5 Å². The number of aliphatic hydroxyl groups excluding tert-OH is 1. The largest absolute Gasteiger partial charge is 0.384 e. The van der Waals surface area contributed by atoms with Gasteiger partial charge in [-0.15, -0.1) is 0 Å². The molecule has 0 heterocycles. The van der Waals surface area contributed by atoms with Crippen LogP contribution in [0.2, 0.25) is 0 Å². The van der Waals surface area contributed by atoms with E-state index < -0.39 is 6.10 Å². The van der Waals surface area contributed by atoms with Crippen LogP contribution in [-0.2, 0) is 0 Å². The number of hydrogen-bond acceptors (Lipinski definition) is 1. The lowest BCUT2D eigenvalue weighted by molar-refractivity contribution is 0.226. The number of hydrogen-bond donors (Lipinski definition) is 1. The summed E-state index contributed by atoms with van der Waals surface area (Å²) in [5.74, 6) is 0. The van der Waals surface area contributed by atoms with Gasteiger partial charge in [-0.1, -0.05) is 67.1 Å². The maximum Gasteiger partial charge on any atom is 0.0982 e. The van der Waals surface area contributed by atoms with Gasteiger partial charge in [-0.3, -0.25) is 0 Å². The van der Waals surface area contributed by atoms with Crippen molar-refractivity contribution in [1.29, 1.82) is 0 Å². The minimum Gasteiger partial charge on any atom is -0.384 e. The molecule has 0 aliphatic carbocycles. The Morgan fingerprint density at radius 1 is 1.27 bits per heavy atom. The molecule has 15 heavy (non-hydrogen) atoms. The fourth-order valence-electron chi connectivity index (χ4n) is 1.20. The molecule has 0 aliphatic rings. The zero-order valence-corrected chi connectivity index (χ0v) is 11.0. The van der Waals surface area contributed by atoms with E-state index in [1.54, 1.807) is 0 Å².